The predicted octanol–water partition coefficient (Wildman–Crippen LogP) is 3.02. The SMILES string of the molecule is CCS(=O)(=O)Cc1coc2cc(Cl)ccc12. The van der Waals surface area contributed by atoms with E-state index in [1.54, 1.807) is 25.1 Å². The molecule has 2 aromatic rings. The van der Waals surface area contributed by atoms with Crippen LogP contribution in [0.5, 0.6) is 0 Å². The highest BCUT2D eigenvalue weighted by Gasteiger charge is 2.14. The Morgan fingerprint density at radius 1 is 1.38 bits per heavy atom. The summed E-state index contributed by atoms with van der Waals surface area (Å²) in [6, 6.07) is 5.18. The highest BCUT2D eigenvalue weighted by atomic mass is 35.5. The Labute approximate surface area is 98.9 Å². The molecule has 0 fully saturated rings. The smallest absolute Gasteiger partial charge is 0.154 e. The predicted molar refractivity (Wildman–Crippen MR) is 64.4 cm³/mol. The minimum atomic E-state index is -3.04. The van der Waals surface area contributed by atoms with Crippen molar-refractivity contribution in [3.8, 4) is 0 Å². The number of rotatable bonds is 3. The maximum absolute atomic E-state index is 11.5. The van der Waals surface area contributed by atoms with E-state index >= 15 is 0 Å². The van der Waals surface area contributed by atoms with Crippen molar-refractivity contribution in [2.75, 3.05) is 5.75 Å². The molecule has 0 bridgehead atoms. The summed E-state index contributed by atoms with van der Waals surface area (Å²) in [5.41, 5.74) is 1.31. The Balaban J connectivity index is 2.47. The number of hydrogen-bond acceptors (Lipinski definition) is 3. The summed E-state index contributed by atoms with van der Waals surface area (Å²) in [6.07, 6.45) is 1.48. The standard InChI is InChI=1S/C11H11ClO3S/c1-2-16(13,14)7-8-6-15-11-5-9(12)3-4-10(8)11/h3-6H,2,7H2,1H3. The van der Waals surface area contributed by atoms with Crippen LogP contribution in [0.1, 0.15) is 12.5 Å². The van der Waals surface area contributed by atoms with Gasteiger partial charge in [0.15, 0.2) is 9.84 Å². The highest BCUT2D eigenvalue weighted by Crippen LogP contribution is 2.25. The third-order valence-electron chi connectivity index (χ3n) is 2.43. The number of hydrogen-bond donors (Lipinski definition) is 0. The lowest BCUT2D eigenvalue weighted by Gasteiger charge is -1.98. The van der Waals surface area contributed by atoms with Crippen LogP contribution in [0, 0.1) is 0 Å². The molecule has 0 aliphatic rings. The first-order valence-electron chi connectivity index (χ1n) is 4.88. The van der Waals surface area contributed by atoms with Gasteiger partial charge in [0.05, 0.1) is 12.0 Å². The Morgan fingerprint density at radius 3 is 2.81 bits per heavy atom. The van der Waals surface area contributed by atoms with E-state index in [1.807, 2.05) is 0 Å². The summed E-state index contributed by atoms with van der Waals surface area (Å²) >= 11 is 5.81. The van der Waals surface area contributed by atoms with Gasteiger partial charge in [-0.15, -0.1) is 0 Å². The average Bonchev–Trinajstić information content (AvgIpc) is 2.60. The summed E-state index contributed by atoms with van der Waals surface area (Å²) in [6.45, 7) is 1.63. The van der Waals surface area contributed by atoms with E-state index in [0.29, 0.717) is 16.2 Å². The molecule has 0 saturated heterocycles. The minimum absolute atomic E-state index is 0.0120. The van der Waals surface area contributed by atoms with Gasteiger partial charge in [-0.1, -0.05) is 18.5 Å². The third kappa shape index (κ3) is 2.23. The molecule has 5 heteroatoms. The van der Waals surface area contributed by atoms with Gasteiger partial charge in [0.25, 0.3) is 0 Å². The first-order chi connectivity index (χ1) is 7.52. The summed E-state index contributed by atoms with van der Waals surface area (Å²) < 4.78 is 28.3. The van der Waals surface area contributed by atoms with Gasteiger partial charge in [-0.25, -0.2) is 8.42 Å². The zero-order chi connectivity index (χ0) is 11.8. The van der Waals surface area contributed by atoms with E-state index in [-0.39, 0.29) is 11.5 Å². The Morgan fingerprint density at radius 2 is 2.12 bits per heavy atom. The van der Waals surface area contributed by atoms with Crippen molar-refractivity contribution in [3.05, 3.63) is 35.0 Å². The maximum atomic E-state index is 11.5. The molecule has 16 heavy (non-hydrogen) atoms. The first kappa shape index (κ1) is 11.5. The van der Waals surface area contributed by atoms with Crippen LogP contribution in [0.2, 0.25) is 5.02 Å². The molecule has 0 spiro atoms. The second-order valence-corrected chi connectivity index (χ2v) is 6.37. The monoisotopic (exact) mass is 258 g/mol. The van der Waals surface area contributed by atoms with Gasteiger partial charge in [0.2, 0.25) is 0 Å². The molecule has 0 saturated carbocycles. The highest BCUT2D eigenvalue weighted by molar-refractivity contribution is 7.90. The summed E-state index contributed by atoms with van der Waals surface area (Å²) in [4.78, 5) is 0. The van der Waals surface area contributed by atoms with Gasteiger partial charge in [0, 0.05) is 21.7 Å². The van der Waals surface area contributed by atoms with Crippen LogP contribution >= 0.6 is 11.6 Å². The Hall–Kier alpha value is -1.00. The largest absolute Gasteiger partial charge is 0.464 e. The lowest BCUT2D eigenvalue weighted by atomic mass is 10.2. The van der Waals surface area contributed by atoms with E-state index in [9.17, 15) is 8.42 Å². The number of halogens is 1. The molecule has 3 nitrogen and oxygen atoms in total. The molecule has 0 unspecified atom stereocenters. The molecule has 0 atom stereocenters. The Bertz CT molecular complexity index is 613. The van der Waals surface area contributed by atoms with E-state index in [2.05, 4.69) is 0 Å². The van der Waals surface area contributed by atoms with Crippen molar-refractivity contribution in [2.45, 2.75) is 12.7 Å². The van der Waals surface area contributed by atoms with Gasteiger partial charge in [-0.2, -0.15) is 0 Å². The van der Waals surface area contributed by atoms with Crippen molar-refractivity contribution in [1.29, 1.82) is 0 Å². The third-order valence-corrected chi connectivity index (χ3v) is 4.30. The lowest BCUT2D eigenvalue weighted by molar-refractivity contribution is 0.592. The van der Waals surface area contributed by atoms with Gasteiger partial charge in [0.1, 0.15) is 5.58 Å². The zero-order valence-corrected chi connectivity index (χ0v) is 10.3. The van der Waals surface area contributed by atoms with Gasteiger partial charge >= 0.3 is 0 Å². The van der Waals surface area contributed by atoms with Crippen LogP contribution in [0.25, 0.3) is 11.0 Å². The van der Waals surface area contributed by atoms with Crippen molar-refractivity contribution < 1.29 is 12.8 Å². The van der Waals surface area contributed by atoms with E-state index in [4.69, 9.17) is 16.0 Å². The molecular formula is C11H11ClO3S. The van der Waals surface area contributed by atoms with Crippen molar-refractivity contribution >= 4 is 32.4 Å². The van der Waals surface area contributed by atoms with Gasteiger partial charge < -0.3 is 4.42 Å². The molecule has 0 amide bonds. The van der Waals surface area contributed by atoms with Crippen LogP contribution in [-0.4, -0.2) is 14.2 Å². The molecule has 0 aliphatic heterocycles. The number of sulfone groups is 1. The van der Waals surface area contributed by atoms with Crippen molar-refractivity contribution in [1.82, 2.24) is 0 Å². The summed E-state index contributed by atoms with van der Waals surface area (Å²) in [7, 11) is -3.04. The molecule has 1 aromatic carbocycles. The van der Waals surface area contributed by atoms with Gasteiger partial charge in [-0.05, 0) is 18.2 Å². The molecule has 86 valence electrons. The second kappa shape index (κ2) is 4.11. The summed E-state index contributed by atoms with van der Waals surface area (Å²) in [5.74, 6) is 0.144. The zero-order valence-electron chi connectivity index (χ0n) is 8.73. The summed E-state index contributed by atoms with van der Waals surface area (Å²) in [5, 5.41) is 1.38. The quantitative estimate of drug-likeness (QED) is 0.850. The maximum Gasteiger partial charge on any atom is 0.154 e. The fourth-order valence-electron chi connectivity index (χ4n) is 1.51. The fourth-order valence-corrected chi connectivity index (χ4v) is 2.57. The normalized spacial score (nSPS) is 12.1. The van der Waals surface area contributed by atoms with Crippen LogP contribution in [0.4, 0.5) is 0 Å². The molecule has 2 rings (SSSR count). The average molecular weight is 259 g/mol. The van der Waals surface area contributed by atoms with Crippen LogP contribution in [0.3, 0.4) is 0 Å². The number of fused-ring (bicyclic) bond motifs is 1. The second-order valence-electron chi connectivity index (χ2n) is 3.58. The van der Waals surface area contributed by atoms with Crippen molar-refractivity contribution in [3.63, 3.8) is 0 Å². The number of benzene rings is 1. The molecule has 0 aliphatic carbocycles. The van der Waals surface area contributed by atoms with E-state index in [1.165, 1.54) is 6.26 Å². The number of furan rings is 1. The minimum Gasteiger partial charge on any atom is -0.464 e. The topological polar surface area (TPSA) is 47.3 Å². The molecule has 0 N–H and O–H groups in total. The first-order valence-corrected chi connectivity index (χ1v) is 7.08. The van der Waals surface area contributed by atoms with Crippen LogP contribution in [-0.2, 0) is 15.6 Å². The lowest BCUT2D eigenvalue weighted by Crippen LogP contribution is -2.05. The van der Waals surface area contributed by atoms with Crippen molar-refractivity contribution in [2.24, 2.45) is 0 Å². The van der Waals surface area contributed by atoms with E-state index < -0.39 is 9.84 Å². The molecule has 1 aromatic heterocycles. The van der Waals surface area contributed by atoms with E-state index in [0.717, 1.165) is 5.39 Å². The van der Waals surface area contributed by atoms with Gasteiger partial charge in [-0.3, -0.25) is 0 Å². The molecular weight excluding hydrogens is 248 g/mol. The molecule has 0 radical (unpaired) electrons. The fraction of sp³-hybridized carbons (Fsp3) is 0.273. The molecule has 1 heterocycles. The van der Waals surface area contributed by atoms with Crippen LogP contribution in [0.15, 0.2) is 28.9 Å². The van der Waals surface area contributed by atoms with Crippen LogP contribution < -0.4 is 0 Å². The Kier molecular flexibility index (Phi) is 2.95.